The topological polar surface area (TPSA) is 67.4 Å². The Morgan fingerprint density at radius 3 is 2.36 bits per heavy atom. The normalized spacial score (nSPS) is 11.5. The van der Waals surface area contributed by atoms with Crippen LogP contribution in [0, 0.1) is 0 Å². The second-order valence-electron chi connectivity index (χ2n) is 7.76. The highest BCUT2D eigenvalue weighted by Gasteiger charge is 2.19. The van der Waals surface area contributed by atoms with E-state index < -0.39 is 6.10 Å². The molecule has 0 radical (unpaired) electrons. The molecule has 4 aromatic carbocycles. The fourth-order valence-electron chi connectivity index (χ4n) is 3.63. The van der Waals surface area contributed by atoms with Crippen molar-refractivity contribution < 1.29 is 14.3 Å². The van der Waals surface area contributed by atoms with Gasteiger partial charge in [-0.3, -0.25) is 9.59 Å². The van der Waals surface area contributed by atoms with Crippen molar-refractivity contribution in [1.29, 1.82) is 0 Å². The van der Waals surface area contributed by atoms with Crippen molar-refractivity contribution in [2.75, 3.05) is 11.9 Å². The van der Waals surface area contributed by atoms with Crippen LogP contribution in [0.25, 0.3) is 10.8 Å². The van der Waals surface area contributed by atoms with Gasteiger partial charge in [-0.2, -0.15) is 0 Å². The molecule has 0 aromatic heterocycles. The van der Waals surface area contributed by atoms with Crippen molar-refractivity contribution in [2.24, 2.45) is 0 Å². The van der Waals surface area contributed by atoms with Crippen LogP contribution in [-0.4, -0.2) is 24.5 Å². The van der Waals surface area contributed by atoms with Gasteiger partial charge in [-0.05, 0) is 42.5 Å². The summed E-state index contributed by atoms with van der Waals surface area (Å²) in [7, 11) is 0. The Balaban J connectivity index is 1.40. The highest BCUT2D eigenvalue weighted by atomic mass is 16.5. The van der Waals surface area contributed by atoms with Gasteiger partial charge in [0.05, 0.1) is 11.3 Å². The second-order valence-corrected chi connectivity index (χ2v) is 7.76. The number of benzene rings is 4. The van der Waals surface area contributed by atoms with Crippen molar-refractivity contribution >= 4 is 28.3 Å². The van der Waals surface area contributed by atoms with Crippen LogP contribution < -0.4 is 15.4 Å². The van der Waals surface area contributed by atoms with Crippen molar-refractivity contribution in [3.63, 3.8) is 0 Å². The average Bonchev–Trinajstić information content (AvgIpc) is 2.85. The van der Waals surface area contributed by atoms with Crippen molar-refractivity contribution in [2.45, 2.75) is 19.4 Å². The van der Waals surface area contributed by atoms with E-state index in [1.165, 1.54) is 0 Å². The molecule has 0 aliphatic heterocycles. The van der Waals surface area contributed by atoms with Gasteiger partial charge in [0.2, 0.25) is 0 Å². The number of carbonyl (C=O) groups is 2. The zero-order valence-electron chi connectivity index (χ0n) is 18.5. The van der Waals surface area contributed by atoms with Crippen LogP contribution in [0.2, 0.25) is 0 Å². The van der Waals surface area contributed by atoms with Crippen LogP contribution in [0.4, 0.5) is 5.69 Å². The molecule has 0 unspecified atom stereocenters. The zero-order chi connectivity index (χ0) is 23.0. The molecule has 2 amide bonds. The summed E-state index contributed by atoms with van der Waals surface area (Å²) >= 11 is 0. The Bertz CT molecular complexity index is 1250. The van der Waals surface area contributed by atoms with Gasteiger partial charge in [-0.1, -0.05) is 78.9 Å². The van der Waals surface area contributed by atoms with Crippen LogP contribution in [0.1, 0.15) is 22.8 Å². The first kappa shape index (κ1) is 22.1. The molecule has 0 fully saturated rings. The van der Waals surface area contributed by atoms with Crippen molar-refractivity contribution in [3.8, 4) is 5.75 Å². The van der Waals surface area contributed by atoms with Crippen LogP contribution in [0.15, 0.2) is 97.1 Å². The lowest BCUT2D eigenvalue weighted by Crippen LogP contribution is -2.32. The van der Waals surface area contributed by atoms with Crippen molar-refractivity contribution in [1.82, 2.24) is 5.32 Å². The molecule has 1 atom stereocenters. The van der Waals surface area contributed by atoms with E-state index in [0.717, 1.165) is 22.8 Å². The number of hydrogen-bond acceptors (Lipinski definition) is 3. The molecule has 4 rings (SSSR count). The second kappa shape index (κ2) is 10.5. The van der Waals surface area contributed by atoms with E-state index in [0.29, 0.717) is 23.5 Å². The third-order valence-electron chi connectivity index (χ3n) is 5.39. The lowest BCUT2D eigenvalue weighted by molar-refractivity contribution is -0.122. The molecular formula is C28H26N2O3. The third-order valence-corrected chi connectivity index (χ3v) is 5.39. The van der Waals surface area contributed by atoms with Gasteiger partial charge in [0.1, 0.15) is 5.75 Å². The van der Waals surface area contributed by atoms with Gasteiger partial charge >= 0.3 is 0 Å². The molecule has 2 N–H and O–H groups in total. The molecule has 5 heteroatoms. The lowest BCUT2D eigenvalue weighted by atomic mass is 10.1. The number of amides is 2. The number of anilines is 1. The van der Waals surface area contributed by atoms with Gasteiger partial charge in [0.25, 0.3) is 11.8 Å². The average molecular weight is 439 g/mol. The smallest absolute Gasteiger partial charge is 0.265 e. The Morgan fingerprint density at radius 1 is 0.818 bits per heavy atom. The first-order chi connectivity index (χ1) is 16.1. The minimum atomic E-state index is -0.745. The summed E-state index contributed by atoms with van der Waals surface area (Å²) in [5.41, 5.74) is 2.02. The summed E-state index contributed by atoms with van der Waals surface area (Å²) in [6, 6.07) is 30.6. The maximum Gasteiger partial charge on any atom is 0.265 e. The fourth-order valence-corrected chi connectivity index (χ4v) is 3.63. The molecule has 0 aliphatic carbocycles. The molecule has 0 heterocycles. The van der Waals surface area contributed by atoms with Crippen molar-refractivity contribution in [3.05, 3.63) is 108 Å². The van der Waals surface area contributed by atoms with E-state index >= 15 is 0 Å². The van der Waals surface area contributed by atoms with Gasteiger partial charge in [-0.15, -0.1) is 0 Å². The first-order valence-corrected chi connectivity index (χ1v) is 11.0. The largest absolute Gasteiger partial charge is 0.480 e. The van der Waals surface area contributed by atoms with E-state index in [1.807, 2.05) is 72.8 Å². The molecule has 166 valence electrons. The van der Waals surface area contributed by atoms with E-state index in [1.54, 1.807) is 31.2 Å². The van der Waals surface area contributed by atoms with E-state index in [-0.39, 0.29) is 11.8 Å². The molecule has 0 aliphatic rings. The minimum Gasteiger partial charge on any atom is -0.480 e. The molecule has 4 aromatic rings. The lowest BCUT2D eigenvalue weighted by Gasteiger charge is -2.17. The van der Waals surface area contributed by atoms with E-state index in [4.69, 9.17) is 4.74 Å². The van der Waals surface area contributed by atoms with Gasteiger partial charge < -0.3 is 15.4 Å². The Labute approximate surface area is 193 Å². The number of hydrogen-bond donors (Lipinski definition) is 2. The monoisotopic (exact) mass is 438 g/mol. The van der Waals surface area contributed by atoms with Crippen LogP contribution in [-0.2, 0) is 11.2 Å². The molecule has 0 bridgehead atoms. The number of rotatable bonds is 8. The van der Waals surface area contributed by atoms with Gasteiger partial charge in [0.15, 0.2) is 6.10 Å². The van der Waals surface area contributed by atoms with Crippen LogP contribution in [0.5, 0.6) is 5.75 Å². The van der Waals surface area contributed by atoms with Gasteiger partial charge in [0, 0.05) is 11.9 Å². The number of ether oxygens (including phenoxy) is 1. The summed E-state index contributed by atoms with van der Waals surface area (Å²) in [5.74, 6) is 0.0830. The molecule has 0 spiro atoms. The standard InChI is InChI=1S/C28H26N2O3/c1-20(33-26-17-9-13-22-12-5-6-14-23(22)26)27(31)30-25-16-8-7-15-24(25)28(32)29-19-18-21-10-3-2-4-11-21/h2-17,20H,18-19H2,1H3,(H,29,32)(H,30,31)/t20-/m0/s1. The van der Waals surface area contributed by atoms with E-state index in [9.17, 15) is 9.59 Å². The fraction of sp³-hybridized carbons (Fsp3) is 0.143. The van der Waals surface area contributed by atoms with Crippen LogP contribution >= 0.6 is 0 Å². The summed E-state index contributed by atoms with van der Waals surface area (Å²) in [4.78, 5) is 25.6. The predicted octanol–water partition coefficient (Wildman–Crippen LogP) is 5.22. The summed E-state index contributed by atoms with van der Waals surface area (Å²) in [6.45, 7) is 2.20. The first-order valence-electron chi connectivity index (χ1n) is 11.0. The van der Waals surface area contributed by atoms with Crippen LogP contribution in [0.3, 0.4) is 0 Å². The summed E-state index contributed by atoms with van der Waals surface area (Å²) in [6.07, 6.45) is -0.0122. The zero-order valence-corrected chi connectivity index (χ0v) is 18.5. The molecule has 5 nitrogen and oxygen atoms in total. The Morgan fingerprint density at radius 2 is 1.52 bits per heavy atom. The van der Waals surface area contributed by atoms with E-state index in [2.05, 4.69) is 10.6 Å². The summed E-state index contributed by atoms with van der Waals surface area (Å²) < 4.78 is 5.96. The molecular weight excluding hydrogens is 412 g/mol. The summed E-state index contributed by atoms with van der Waals surface area (Å²) in [5, 5.41) is 7.76. The number of fused-ring (bicyclic) bond motifs is 1. The Kier molecular flexibility index (Phi) is 7.00. The maximum absolute atomic E-state index is 12.9. The maximum atomic E-state index is 12.9. The Hall–Kier alpha value is -4.12. The minimum absolute atomic E-state index is 0.232. The predicted molar refractivity (Wildman–Crippen MR) is 132 cm³/mol. The quantitative estimate of drug-likeness (QED) is 0.396. The number of nitrogens with one attached hydrogen (secondary N) is 2. The molecule has 0 saturated heterocycles. The highest BCUT2D eigenvalue weighted by Crippen LogP contribution is 2.26. The molecule has 0 saturated carbocycles. The molecule has 33 heavy (non-hydrogen) atoms. The SMILES string of the molecule is C[C@H](Oc1cccc2ccccc12)C(=O)Nc1ccccc1C(=O)NCCc1ccccc1. The highest BCUT2D eigenvalue weighted by molar-refractivity contribution is 6.04. The number of para-hydroxylation sites is 1. The number of carbonyl (C=O) groups excluding carboxylic acids is 2. The van der Waals surface area contributed by atoms with Gasteiger partial charge in [-0.25, -0.2) is 0 Å². The third kappa shape index (κ3) is 5.57.